The molecule has 0 amide bonds. The quantitative estimate of drug-likeness (QED) is 0.630. The third kappa shape index (κ3) is 4.35. The summed E-state index contributed by atoms with van der Waals surface area (Å²) in [6.45, 7) is 1.84. The SMILES string of the molecule is COc1ccc(C=CC(=O)O)cc1CSc1n[nH]c(C)n1. The molecule has 0 atom stereocenters. The van der Waals surface area contributed by atoms with Crippen LogP contribution in [0.25, 0.3) is 6.08 Å². The average Bonchev–Trinajstić information content (AvgIpc) is 2.88. The number of rotatable bonds is 6. The number of hydrogen-bond donors (Lipinski definition) is 2. The van der Waals surface area contributed by atoms with Crippen LogP contribution < -0.4 is 4.74 Å². The summed E-state index contributed by atoms with van der Waals surface area (Å²) in [7, 11) is 1.60. The van der Waals surface area contributed by atoms with E-state index in [0.29, 0.717) is 10.9 Å². The molecule has 1 heterocycles. The van der Waals surface area contributed by atoms with Gasteiger partial charge in [-0.2, -0.15) is 0 Å². The summed E-state index contributed by atoms with van der Waals surface area (Å²) in [6.07, 6.45) is 2.66. The van der Waals surface area contributed by atoms with E-state index in [4.69, 9.17) is 9.84 Å². The van der Waals surface area contributed by atoms with E-state index in [-0.39, 0.29) is 0 Å². The number of nitrogens with zero attached hydrogens (tertiary/aromatic N) is 2. The van der Waals surface area contributed by atoms with E-state index in [1.807, 2.05) is 25.1 Å². The summed E-state index contributed by atoms with van der Waals surface area (Å²) in [4.78, 5) is 14.8. The molecule has 0 radical (unpaired) electrons. The Balaban J connectivity index is 2.15. The molecule has 0 saturated heterocycles. The lowest BCUT2D eigenvalue weighted by Gasteiger charge is -2.08. The molecule has 0 aliphatic heterocycles. The molecule has 0 aliphatic carbocycles. The molecule has 1 aromatic carbocycles. The molecule has 0 unspecified atom stereocenters. The fourth-order valence-electron chi connectivity index (χ4n) is 1.71. The topological polar surface area (TPSA) is 88.1 Å². The van der Waals surface area contributed by atoms with Crippen LogP contribution >= 0.6 is 11.8 Å². The van der Waals surface area contributed by atoms with Crippen molar-refractivity contribution < 1.29 is 14.6 Å². The third-order valence-corrected chi connectivity index (χ3v) is 3.55. The van der Waals surface area contributed by atoms with Gasteiger partial charge in [-0.1, -0.05) is 17.8 Å². The number of methoxy groups -OCH3 is 1. The fourth-order valence-corrected chi connectivity index (χ4v) is 2.53. The maximum Gasteiger partial charge on any atom is 0.328 e. The number of aromatic amines is 1. The zero-order valence-corrected chi connectivity index (χ0v) is 12.5. The molecule has 2 aromatic rings. The van der Waals surface area contributed by atoms with Crippen LogP contribution in [0.5, 0.6) is 5.75 Å². The Morgan fingerprint density at radius 3 is 2.95 bits per heavy atom. The van der Waals surface area contributed by atoms with Gasteiger partial charge in [0.2, 0.25) is 5.16 Å². The highest BCUT2D eigenvalue weighted by molar-refractivity contribution is 7.98. The number of thioether (sulfide) groups is 1. The fraction of sp³-hybridized carbons (Fsp3) is 0.214. The summed E-state index contributed by atoms with van der Waals surface area (Å²) < 4.78 is 5.32. The van der Waals surface area contributed by atoms with Gasteiger partial charge in [0.05, 0.1) is 7.11 Å². The number of H-pyrrole nitrogens is 1. The molecule has 21 heavy (non-hydrogen) atoms. The van der Waals surface area contributed by atoms with Crippen LogP contribution in [0.15, 0.2) is 29.4 Å². The van der Waals surface area contributed by atoms with Gasteiger partial charge in [-0.15, -0.1) is 5.10 Å². The Morgan fingerprint density at radius 1 is 1.52 bits per heavy atom. The second kappa shape index (κ2) is 6.94. The van der Waals surface area contributed by atoms with Crippen molar-refractivity contribution in [1.82, 2.24) is 15.2 Å². The smallest absolute Gasteiger partial charge is 0.328 e. The van der Waals surface area contributed by atoms with Crippen molar-refractivity contribution in [2.45, 2.75) is 17.8 Å². The molecule has 0 saturated carbocycles. The highest BCUT2D eigenvalue weighted by atomic mass is 32.2. The van der Waals surface area contributed by atoms with Crippen molar-refractivity contribution in [2.75, 3.05) is 7.11 Å². The van der Waals surface area contributed by atoms with Crippen LogP contribution in [-0.4, -0.2) is 33.4 Å². The number of carboxylic acid groups (broad SMARTS) is 1. The van der Waals surface area contributed by atoms with Crippen LogP contribution in [0.3, 0.4) is 0 Å². The van der Waals surface area contributed by atoms with E-state index in [1.165, 1.54) is 11.8 Å². The number of ether oxygens (including phenoxy) is 1. The monoisotopic (exact) mass is 305 g/mol. The van der Waals surface area contributed by atoms with Crippen molar-refractivity contribution in [1.29, 1.82) is 0 Å². The molecule has 0 bridgehead atoms. The predicted molar refractivity (Wildman–Crippen MR) is 80.3 cm³/mol. The van der Waals surface area contributed by atoms with Gasteiger partial charge < -0.3 is 9.84 Å². The standard InChI is InChI=1S/C14H15N3O3S/c1-9-15-14(17-16-9)21-8-11-7-10(4-6-13(18)19)3-5-12(11)20-2/h3-7H,8H2,1-2H3,(H,18,19)(H,15,16,17). The van der Waals surface area contributed by atoms with Crippen LogP contribution in [0, 0.1) is 6.92 Å². The van der Waals surface area contributed by atoms with Crippen molar-refractivity contribution in [3.05, 3.63) is 41.2 Å². The van der Waals surface area contributed by atoms with Gasteiger partial charge in [0.25, 0.3) is 0 Å². The van der Waals surface area contributed by atoms with Crippen LogP contribution in [0.1, 0.15) is 17.0 Å². The summed E-state index contributed by atoms with van der Waals surface area (Å²) in [5.74, 6) is 1.18. The number of aromatic nitrogens is 3. The number of nitrogens with one attached hydrogen (secondary N) is 1. The Hall–Kier alpha value is -2.28. The van der Waals surface area contributed by atoms with Crippen molar-refractivity contribution in [2.24, 2.45) is 0 Å². The van der Waals surface area contributed by atoms with Crippen molar-refractivity contribution >= 4 is 23.8 Å². The molecule has 2 N–H and O–H groups in total. The molecule has 1 aromatic heterocycles. The van der Waals surface area contributed by atoms with Gasteiger partial charge in [0, 0.05) is 17.4 Å². The number of carboxylic acids is 1. The Morgan fingerprint density at radius 2 is 2.33 bits per heavy atom. The molecule has 7 heteroatoms. The minimum Gasteiger partial charge on any atom is -0.496 e. The van der Waals surface area contributed by atoms with Gasteiger partial charge in [0.15, 0.2) is 0 Å². The second-order valence-corrected chi connectivity index (χ2v) is 5.18. The highest BCUT2D eigenvalue weighted by Crippen LogP contribution is 2.27. The first kappa shape index (κ1) is 15.1. The van der Waals surface area contributed by atoms with Gasteiger partial charge in [-0.05, 0) is 30.7 Å². The molecule has 110 valence electrons. The van der Waals surface area contributed by atoms with E-state index in [1.54, 1.807) is 13.2 Å². The zero-order chi connectivity index (χ0) is 15.2. The summed E-state index contributed by atoms with van der Waals surface area (Å²) in [5.41, 5.74) is 1.76. The molecular weight excluding hydrogens is 290 g/mol. The normalized spacial score (nSPS) is 11.0. The molecule has 6 nitrogen and oxygen atoms in total. The number of benzene rings is 1. The first-order valence-electron chi connectivity index (χ1n) is 6.18. The Bertz CT molecular complexity index is 667. The predicted octanol–water partition coefficient (Wildman–Crippen LogP) is 2.51. The van der Waals surface area contributed by atoms with E-state index in [0.717, 1.165) is 28.8 Å². The number of aryl methyl sites for hydroxylation is 1. The van der Waals surface area contributed by atoms with Gasteiger partial charge in [-0.3, -0.25) is 5.10 Å². The lowest BCUT2D eigenvalue weighted by atomic mass is 10.1. The molecular formula is C14H15N3O3S. The van der Waals surface area contributed by atoms with Gasteiger partial charge >= 0.3 is 5.97 Å². The van der Waals surface area contributed by atoms with Gasteiger partial charge in [0.1, 0.15) is 11.6 Å². The first-order valence-corrected chi connectivity index (χ1v) is 7.17. The van der Waals surface area contributed by atoms with Crippen molar-refractivity contribution in [3.63, 3.8) is 0 Å². The Labute approximate surface area is 126 Å². The molecule has 0 fully saturated rings. The van der Waals surface area contributed by atoms with Crippen LogP contribution in [-0.2, 0) is 10.5 Å². The molecule has 0 spiro atoms. The first-order chi connectivity index (χ1) is 10.1. The summed E-state index contributed by atoms with van der Waals surface area (Å²) in [5, 5.41) is 16.2. The summed E-state index contributed by atoms with van der Waals surface area (Å²) in [6, 6.07) is 5.52. The summed E-state index contributed by atoms with van der Waals surface area (Å²) >= 11 is 1.48. The van der Waals surface area contributed by atoms with Crippen LogP contribution in [0.4, 0.5) is 0 Å². The molecule has 0 aliphatic rings. The second-order valence-electron chi connectivity index (χ2n) is 4.23. The minimum absolute atomic E-state index is 0.634. The van der Waals surface area contributed by atoms with Crippen molar-refractivity contribution in [3.8, 4) is 5.75 Å². The third-order valence-electron chi connectivity index (χ3n) is 2.66. The highest BCUT2D eigenvalue weighted by Gasteiger charge is 2.07. The lowest BCUT2D eigenvalue weighted by Crippen LogP contribution is -1.92. The number of hydrogen-bond acceptors (Lipinski definition) is 5. The average molecular weight is 305 g/mol. The van der Waals surface area contributed by atoms with E-state index >= 15 is 0 Å². The number of aliphatic carboxylic acids is 1. The molecule has 2 rings (SSSR count). The Kier molecular flexibility index (Phi) is 4.99. The largest absolute Gasteiger partial charge is 0.496 e. The van der Waals surface area contributed by atoms with E-state index in [2.05, 4.69) is 15.2 Å². The maximum atomic E-state index is 10.6. The van der Waals surface area contributed by atoms with Gasteiger partial charge in [-0.25, -0.2) is 9.78 Å². The van der Waals surface area contributed by atoms with E-state index in [9.17, 15) is 4.79 Å². The maximum absolute atomic E-state index is 10.6. The number of carbonyl (C=O) groups is 1. The van der Waals surface area contributed by atoms with E-state index < -0.39 is 5.97 Å². The minimum atomic E-state index is -0.974. The zero-order valence-electron chi connectivity index (χ0n) is 11.7. The lowest BCUT2D eigenvalue weighted by molar-refractivity contribution is -0.131. The van der Waals surface area contributed by atoms with Crippen LogP contribution in [0.2, 0.25) is 0 Å².